The van der Waals surface area contributed by atoms with E-state index >= 15 is 0 Å². The molecule has 0 aliphatic heterocycles. The van der Waals surface area contributed by atoms with Crippen LogP contribution in [-0.4, -0.2) is 96.7 Å². The van der Waals surface area contributed by atoms with Crippen LogP contribution >= 0.6 is 15.6 Å². The summed E-state index contributed by atoms with van der Waals surface area (Å²) in [6.45, 7) is 7.31. The van der Waals surface area contributed by atoms with E-state index in [0.717, 1.165) is 95.8 Å². The molecule has 17 nitrogen and oxygen atoms in total. The topological polar surface area (TPSA) is 237 Å². The van der Waals surface area contributed by atoms with E-state index in [9.17, 15) is 43.2 Å². The number of hydrogen-bond donors (Lipinski definition) is 3. The molecule has 570 valence electrons. The summed E-state index contributed by atoms with van der Waals surface area (Å²) in [6, 6.07) is 0. The van der Waals surface area contributed by atoms with Crippen molar-refractivity contribution in [1.82, 2.24) is 0 Å². The van der Waals surface area contributed by atoms with Crippen LogP contribution in [0.5, 0.6) is 0 Å². The molecule has 3 N–H and O–H groups in total. The molecule has 19 heteroatoms. The van der Waals surface area contributed by atoms with Gasteiger partial charge in [-0.15, -0.1) is 0 Å². The van der Waals surface area contributed by atoms with Gasteiger partial charge in [0.15, 0.2) is 12.2 Å². The van der Waals surface area contributed by atoms with Gasteiger partial charge in [-0.25, -0.2) is 9.13 Å². The Balaban J connectivity index is 5.26. The first-order valence-electron chi connectivity index (χ1n) is 40.2. The van der Waals surface area contributed by atoms with Crippen LogP contribution in [0.1, 0.15) is 407 Å². The molecule has 0 amide bonds. The zero-order chi connectivity index (χ0) is 70.5. The lowest BCUT2D eigenvalue weighted by atomic mass is 9.99. The molecule has 96 heavy (non-hydrogen) atoms. The number of phosphoric acid groups is 2. The first-order chi connectivity index (χ1) is 46.6. The predicted molar refractivity (Wildman–Crippen MR) is 391 cm³/mol. The van der Waals surface area contributed by atoms with Crippen molar-refractivity contribution in [3.8, 4) is 0 Å². The monoisotopic (exact) mass is 1410 g/mol. The minimum atomic E-state index is -4.96. The van der Waals surface area contributed by atoms with Gasteiger partial charge < -0.3 is 33.8 Å². The Morgan fingerprint density at radius 3 is 0.740 bits per heavy atom. The third-order valence-electron chi connectivity index (χ3n) is 18.4. The van der Waals surface area contributed by atoms with E-state index in [2.05, 4.69) is 34.6 Å². The molecular weight excluding hydrogens is 1260 g/mol. The third-order valence-corrected chi connectivity index (χ3v) is 20.3. The molecule has 0 spiro atoms. The fourth-order valence-electron chi connectivity index (χ4n) is 11.8. The van der Waals surface area contributed by atoms with Crippen molar-refractivity contribution < 1.29 is 80.2 Å². The van der Waals surface area contributed by atoms with Gasteiger partial charge in [-0.2, -0.15) is 0 Å². The molecule has 0 bridgehead atoms. The van der Waals surface area contributed by atoms with E-state index in [1.807, 2.05) is 0 Å². The zero-order valence-electron chi connectivity index (χ0n) is 62.5. The fourth-order valence-corrected chi connectivity index (χ4v) is 13.4. The van der Waals surface area contributed by atoms with Crippen LogP contribution in [0, 0.1) is 5.92 Å². The smallest absolute Gasteiger partial charge is 0.462 e. The molecule has 0 aromatic heterocycles. The number of aliphatic hydroxyl groups excluding tert-OH is 1. The summed E-state index contributed by atoms with van der Waals surface area (Å²) in [5, 5.41) is 10.6. The van der Waals surface area contributed by atoms with Crippen LogP contribution in [0.3, 0.4) is 0 Å². The van der Waals surface area contributed by atoms with Crippen LogP contribution in [0.25, 0.3) is 0 Å². The molecule has 0 aromatic carbocycles. The number of esters is 4. The van der Waals surface area contributed by atoms with E-state index < -0.39 is 97.5 Å². The van der Waals surface area contributed by atoms with Crippen LogP contribution in [-0.2, 0) is 65.4 Å². The first-order valence-corrected chi connectivity index (χ1v) is 43.2. The second-order valence-electron chi connectivity index (χ2n) is 28.0. The SMILES string of the molecule is CCCCCCCCCCCCCCCCCCCC(=O)O[C@H](COC(=O)CCCCCCCCCCCCCCCC)COP(=O)(O)OC[C@@H](O)COP(=O)(O)OC[C@@H](COC(=O)CCCCCCCCCCC(C)CC)OC(=O)CCCCCCCCCCCCCCC. The molecule has 0 fully saturated rings. The highest BCUT2D eigenvalue weighted by molar-refractivity contribution is 7.47. The first kappa shape index (κ1) is 94.1. The molecule has 0 rings (SSSR count). The average molecular weight is 1410 g/mol. The highest BCUT2D eigenvalue weighted by atomic mass is 31.2. The quantitative estimate of drug-likeness (QED) is 0.0222. The standard InChI is InChI=1S/C77H150O17P2/c1-6-10-13-16-19-22-25-28-30-31-32-35-38-41-48-53-58-63-77(82)93-72(66-87-74(79)60-55-50-45-39-36-34-29-26-23-20-17-14-11-7-2)68-91-95(83,84)89-64-71(78)65-90-96(85,86)92-69-73(67-88-75(80)61-56-51-46-43-42-44-49-54-59-70(5)9-4)94-76(81)62-57-52-47-40-37-33-27-24-21-18-15-12-8-3/h70-73,78H,6-69H2,1-5H3,(H,83,84)(H,85,86)/t70?,71-,72-,73-/m1/s1. The van der Waals surface area contributed by atoms with Gasteiger partial charge in [0.2, 0.25) is 0 Å². The second kappa shape index (κ2) is 70.1. The van der Waals surface area contributed by atoms with Gasteiger partial charge in [0.05, 0.1) is 26.4 Å². The van der Waals surface area contributed by atoms with Gasteiger partial charge in [0.25, 0.3) is 0 Å². The molecule has 0 saturated heterocycles. The van der Waals surface area contributed by atoms with Crippen molar-refractivity contribution in [2.24, 2.45) is 5.92 Å². The van der Waals surface area contributed by atoms with Crippen LogP contribution < -0.4 is 0 Å². The summed E-state index contributed by atoms with van der Waals surface area (Å²) in [5.74, 6) is -1.33. The third kappa shape index (κ3) is 69.2. The zero-order valence-corrected chi connectivity index (χ0v) is 64.3. The van der Waals surface area contributed by atoms with E-state index in [1.165, 1.54) is 231 Å². The summed E-state index contributed by atoms with van der Waals surface area (Å²) in [7, 11) is -9.91. The Hall–Kier alpha value is -1.94. The lowest BCUT2D eigenvalue weighted by molar-refractivity contribution is -0.161. The summed E-state index contributed by atoms with van der Waals surface area (Å²) in [4.78, 5) is 72.9. The van der Waals surface area contributed by atoms with E-state index in [1.54, 1.807) is 0 Å². The van der Waals surface area contributed by atoms with Crippen LogP contribution in [0.15, 0.2) is 0 Å². The Morgan fingerprint density at radius 1 is 0.292 bits per heavy atom. The molecule has 0 heterocycles. The highest BCUT2D eigenvalue weighted by Crippen LogP contribution is 2.45. The summed E-state index contributed by atoms with van der Waals surface area (Å²) >= 11 is 0. The number of carbonyl (C=O) groups is 4. The summed E-state index contributed by atoms with van der Waals surface area (Å²) in [6.07, 6.45) is 59.4. The number of rotatable bonds is 77. The highest BCUT2D eigenvalue weighted by Gasteiger charge is 2.30. The number of unbranched alkanes of at least 4 members (excludes halogenated alkanes) is 48. The minimum absolute atomic E-state index is 0.108. The van der Waals surface area contributed by atoms with E-state index in [4.69, 9.17) is 37.0 Å². The fraction of sp³-hybridized carbons (Fsp3) is 0.948. The number of aliphatic hydroxyl groups is 1. The Morgan fingerprint density at radius 2 is 0.500 bits per heavy atom. The van der Waals surface area contributed by atoms with E-state index in [-0.39, 0.29) is 25.7 Å². The van der Waals surface area contributed by atoms with E-state index in [0.29, 0.717) is 25.7 Å². The van der Waals surface area contributed by atoms with Crippen LogP contribution in [0.2, 0.25) is 0 Å². The minimum Gasteiger partial charge on any atom is -0.462 e. The maximum absolute atomic E-state index is 13.1. The summed E-state index contributed by atoms with van der Waals surface area (Å²) in [5.41, 5.74) is 0. The van der Waals surface area contributed by atoms with Crippen molar-refractivity contribution in [2.45, 2.75) is 425 Å². The van der Waals surface area contributed by atoms with Gasteiger partial charge in [-0.1, -0.05) is 356 Å². The number of hydrogen-bond acceptors (Lipinski definition) is 15. The molecule has 0 aromatic rings. The van der Waals surface area contributed by atoms with Crippen molar-refractivity contribution in [1.29, 1.82) is 0 Å². The second-order valence-corrected chi connectivity index (χ2v) is 30.9. The normalized spacial score (nSPS) is 14.2. The van der Waals surface area contributed by atoms with Crippen LogP contribution in [0.4, 0.5) is 0 Å². The lowest BCUT2D eigenvalue weighted by Gasteiger charge is -2.21. The average Bonchev–Trinajstić information content (AvgIpc) is 1.46. The van der Waals surface area contributed by atoms with Crippen molar-refractivity contribution in [2.75, 3.05) is 39.6 Å². The Labute approximate surface area is 588 Å². The molecule has 0 saturated carbocycles. The van der Waals surface area contributed by atoms with Gasteiger partial charge in [0, 0.05) is 25.7 Å². The largest absolute Gasteiger partial charge is 0.472 e. The van der Waals surface area contributed by atoms with Crippen molar-refractivity contribution in [3.63, 3.8) is 0 Å². The molecule has 3 unspecified atom stereocenters. The van der Waals surface area contributed by atoms with Gasteiger partial charge in [0.1, 0.15) is 19.3 Å². The summed E-state index contributed by atoms with van der Waals surface area (Å²) < 4.78 is 68.6. The maximum atomic E-state index is 13.1. The Bertz CT molecular complexity index is 1840. The molecule has 0 aliphatic carbocycles. The van der Waals surface area contributed by atoms with Crippen molar-refractivity contribution >= 4 is 39.5 Å². The number of ether oxygens (including phenoxy) is 4. The molecular formula is C77H150O17P2. The van der Waals surface area contributed by atoms with Gasteiger partial charge >= 0.3 is 39.5 Å². The maximum Gasteiger partial charge on any atom is 0.472 e. The molecule has 0 aliphatic rings. The van der Waals surface area contributed by atoms with Gasteiger partial charge in [-0.3, -0.25) is 37.3 Å². The number of carbonyl (C=O) groups excluding carboxylic acids is 4. The predicted octanol–water partition coefficient (Wildman–Crippen LogP) is 22.9. The lowest BCUT2D eigenvalue weighted by Crippen LogP contribution is -2.30. The van der Waals surface area contributed by atoms with Gasteiger partial charge in [-0.05, 0) is 31.6 Å². The molecule has 6 atom stereocenters. The number of phosphoric ester groups is 2. The molecule has 0 radical (unpaired) electrons. The Kier molecular flexibility index (Phi) is 68.7. The van der Waals surface area contributed by atoms with Crippen molar-refractivity contribution in [3.05, 3.63) is 0 Å².